The second-order valence-electron chi connectivity index (χ2n) is 8.15. The fourth-order valence-corrected chi connectivity index (χ4v) is 5.75. The molecule has 0 saturated carbocycles. The third kappa shape index (κ3) is 9.38. The number of hydrogen-bond acceptors (Lipinski definition) is 11. The molecule has 5 atom stereocenters. The molecule has 1 unspecified atom stereocenters. The zero-order valence-corrected chi connectivity index (χ0v) is 22.3. The number of ether oxygens (including phenoxy) is 5. The quantitative estimate of drug-likeness (QED) is 0.239. The molecule has 9 nitrogen and oxygen atoms in total. The third-order valence-corrected chi connectivity index (χ3v) is 6.99. The highest BCUT2D eigenvalue weighted by Gasteiger charge is 2.53. The first-order chi connectivity index (χ1) is 16.5. The molecule has 0 bridgehead atoms. The molecule has 1 aliphatic heterocycles. The third-order valence-electron chi connectivity index (χ3n) is 4.68. The minimum absolute atomic E-state index is 0.310. The summed E-state index contributed by atoms with van der Waals surface area (Å²) in [6, 6.07) is 7.97. The molecule has 1 fully saturated rings. The Hall–Kier alpha value is -2.24. The van der Waals surface area contributed by atoms with Crippen LogP contribution in [0.3, 0.4) is 0 Å². The molecule has 194 valence electrons. The molecule has 1 aliphatic rings. The maximum absolute atomic E-state index is 11.9. The van der Waals surface area contributed by atoms with Crippen molar-refractivity contribution in [1.82, 2.24) is 0 Å². The Kier molecular flexibility index (Phi) is 11.4. The van der Waals surface area contributed by atoms with Crippen molar-refractivity contribution in [2.45, 2.75) is 87.3 Å². The summed E-state index contributed by atoms with van der Waals surface area (Å²) in [5.74, 6) is -1.89. The van der Waals surface area contributed by atoms with Crippen molar-refractivity contribution < 1.29 is 42.9 Å². The topological polar surface area (TPSA) is 114 Å². The molecule has 35 heavy (non-hydrogen) atoms. The summed E-state index contributed by atoms with van der Waals surface area (Å²) < 4.78 is 27.5. The van der Waals surface area contributed by atoms with Gasteiger partial charge in [0.05, 0.1) is 0 Å². The van der Waals surface area contributed by atoms with Crippen molar-refractivity contribution in [3.05, 3.63) is 29.8 Å². The Labute approximate surface area is 213 Å². The van der Waals surface area contributed by atoms with Gasteiger partial charge < -0.3 is 23.7 Å². The molecule has 0 N–H and O–H groups in total. The predicted molar refractivity (Wildman–Crippen MR) is 131 cm³/mol. The van der Waals surface area contributed by atoms with E-state index in [0.29, 0.717) is 11.0 Å². The van der Waals surface area contributed by atoms with Crippen LogP contribution in [0.25, 0.3) is 0 Å². The molecule has 0 aromatic heterocycles. The minimum atomic E-state index is -1.08. The molecule has 1 heterocycles. The summed E-state index contributed by atoms with van der Waals surface area (Å²) in [5, 5.41) is 0.390. The molecule has 1 aromatic carbocycles. The molecule has 0 amide bonds. The van der Waals surface area contributed by atoms with Crippen molar-refractivity contribution in [3.63, 3.8) is 0 Å². The zero-order valence-electron chi connectivity index (χ0n) is 20.7. The van der Waals surface area contributed by atoms with Crippen LogP contribution >= 0.6 is 23.5 Å². The molecular formula is C24H32O9S2. The molecular weight excluding hydrogens is 496 g/mol. The van der Waals surface area contributed by atoms with Gasteiger partial charge in [0.15, 0.2) is 18.3 Å². The predicted octanol–water partition coefficient (Wildman–Crippen LogP) is 3.50. The minimum Gasteiger partial charge on any atom is -0.462 e. The number of carbonyl (C=O) groups excluding carboxylic acids is 4. The summed E-state index contributed by atoms with van der Waals surface area (Å²) in [7, 11) is 0. The van der Waals surface area contributed by atoms with E-state index in [1.807, 2.05) is 24.3 Å². The Balaban J connectivity index is 2.33. The standard InChI is InChI=1S/C24H32O9S2/c1-13(2)35-20-10-8-7-9-18(20)12-34-24-23(32-17(6)28)22(31-16(5)27)21(33-24)19(30-15(4)26)11-29-14(3)25/h7-10,13,19,21-24H,11-12H2,1-6H3/t19-,21-,22+,23-,24?/m1/s1. The number of rotatable bonds is 11. The molecule has 1 aromatic rings. The van der Waals surface area contributed by atoms with Crippen molar-refractivity contribution in [2.75, 3.05) is 6.61 Å². The van der Waals surface area contributed by atoms with Crippen LogP contribution in [0.5, 0.6) is 0 Å². The summed E-state index contributed by atoms with van der Waals surface area (Å²) in [6.07, 6.45) is -4.14. The average Bonchev–Trinajstić information content (AvgIpc) is 3.05. The molecule has 0 aliphatic carbocycles. The van der Waals surface area contributed by atoms with Gasteiger partial charge in [-0.05, 0) is 11.6 Å². The van der Waals surface area contributed by atoms with Gasteiger partial charge in [0.25, 0.3) is 0 Å². The van der Waals surface area contributed by atoms with Crippen LogP contribution in [0.4, 0.5) is 0 Å². The zero-order chi connectivity index (χ0) is 26.1. The lowest BCUT2D eigenvalue weighted by Gasteiger charge is -2.27. The summed E-state index contributed by atoms with van der Waals surface area (Å²) in [5.41, 5.74) is 0.339. The van der Waals surface area contributed by atoms with Gasteiger partial charge in [-0.2, -0.15) is 0 Å². The SMILES string of the molecule is CC(=O)OC[C@@H](OC(C)=O)[C@H]1OC(SCc2ccccc2SC(C)C)[C@H](OC(C)=O)[C@H]1OC(C)=O. The van der Waals surface area contributed by atoms with Crippen LogP contribution in [-0.2, 0) is 48.6 Å². The van der Waals surface area contributed by atoms with E-state index in [-0.39, 0.29) is 6.61 Å². The molecule has 11 heteroatoms. The maximum atomic E-state index is 11.9. The highest BCUT2D eigenvalue weighted by molar-refractivity contribution is 8.00. The molecule has 0 radical (unpaired) electrons. The number of hydrogen-bond donors (Lipinski definition) is 0. The highest BCUT2D eigenvalue weighted by Crippen LogP contribution is 2.39. The van der Waals surface area contributed by atoms with E-state index in [4.69, 9.17) is 23.7 Å². The number of thioether (sulfide) groups is 2. The van der Waals surface area contributed by atoms with Crippen LogP contribution in [0.2, 0.25) is 0 Å². The monoisotopic (exact) mass is 528 g/mol. The van der Waals surface area contributed by atoms with Gasteiger partial charge >= 0.3 is 23.9 Å². The number of carbonyl (C=O) groups is 4. The first kappa shape index (κ1) is 29.0. The second kappa shape index (κ2) is 13.7. The van der Waals surface area contributed by atoms with Crippen molar-refractivity contribution in [1.29, 1.82) is 0 Å². The fraction of sp³-hybridized carbons (Fsp3) is 0.583. The smallest absolute Gasteiger partial charge is 0.303 e. The summed E-state index contributed by atoms with van der Waals surface area (Å²) in [6.45, 7) is 8.79. The van der Waals surface area contributed by atoms with Crippen LogP contribution in [-0.4, -0.2) is 65.6 Å². The van der Waals surface area contributed by atoms with Crippen LogP contribution in [0.15, 0.2) is 29.2 Å². The lowest BCUT2D eigenvalue weighted by atomic mass is 10.1. The van der Waals surface area contributed by atoms with Gasteiger partial charge in [0, 0.05) is 43.6 Å². The van der Waals surface area contributed by atoms with Gasteiger partial charge in [-0.3, -0.25) is 19.2 Å². The molecule has 0 spiro atoms. The number of esters is 4. The van der Waals surface area contributed by atoms with Crippen molar-refractivity contribution in [3.8, 4) is 0 Å². The first-order valence-electron chi connectivity index (χ1n) is 11.1. The average molecular weight is 529 g/mol. The maximum Gasteiger partial charge on any atom is 0.303 e. The van der Waals surface area contributed by atoms with E-state index in [9.17, 15) is 19.2 Å². The molecule has 2 rings (SSSR count). The number of benzene rings is 1. The van der Waals surface area contributed by atoms with Crippen LogP contribution < -0.4 is 0 Å². The van der Waals surface area contributed by atoms with E-state index in [2.05, 4.69) is 13.8 Å². The Morgan fingerprint density at radius 2 is 1.54 bits per heavy atom. The summed E-state index contributed by atoms with van der Waals surface area (Å²) in [4.78, 5) is 48.1. The Bertz CT molecular complexity index is 905. The van der Waals surface area contributed by atoms with Crippen LogP contribution in [0.1, 0.15) is 47.1 Å². The largest absolute Gasteiger partial charge is 0.462 e. The fourth-order valence-electron chi connectivity index (χ4n) is 3.50. The first-order valence-corrected chi connectivity index (χ1v) is 13.1. The van der Waals surface area contributed by atoms with Gasteiger partial charge in [-0.15, -0.1) is 23.5 Å². The van der Waals surface area contributed by atoms with Crippen molar-refractivity contribution in [2.24, 2.45) is 0 Å². The van der Waals surface area contributed by atoms with E-state index in [1.54, 1.807) is 11.8 Å². The lowest BCUT2D eigenvalue weighted by Crippen LogP contribution is -2.46. The van der Waals surface area contributed by atoms with Gasteiger partial charge in [0.1, 0.15) is 18.1 Å². The Morgan fingerprint density at radius 1 is 0.914 bits per heavy atom. The van der Waals surface area contributed by atoms with E-state index < -0.39 is 53.7 Å². The highest BCUT2D eigenvalue weighted by atomic mass is 32.2. The van der Waals surface area contributed by atoms with Gasteiger partial charge in [-0.1, -0.05) is 32.0 Å². The van der Waals surface area contributed by atoms with Gasteiger partial charge in [0.2, 0.25) is 0 Å². The van der Waals surface area contributed by atoms with E-state index >= 15 is 0 Å². The summed E-state index contributed by atoms with van der Waals surface area (Å²) >= 11 is 3.11. The lowest BCUT2D eigenvalue weighted by molar-refractivity contribution is -0.176. The molecule has 1 saturated heterocycles. The van der Waals surface area contributed by atoms with E-state index in [0.717, 1.165) is 10.5 Å². The Morgan fingerprint density at radius 3 is 2.11 bits per heavy atom. The second-order valence-corrected chi connectivity index (χ2v) is 10.9. The van der Waals surface area contributed by atoms with Crippen molar-refractivity contribution >= 4 is 47.4 Å². The van der Waals surface area contributed by atoms with Crippen LogP contribution in [0, 0.1) is 0 Å². The normalized spacial score (nSPS) is 22.4. The van der Waals surface area contributed by atoms with E-state index in [1.165, 1.54) is 39.5 Å². The van der Waals surface area contributed by atoms with Gasteiger partial charge in [-0.25, -0.2) is 0 Å².